The third-order valence-corrected chi connectivity index (χ3v) is 4.00. The summed E-state index contributed by atoms with van der Waals surface area (Å²) in [7, 11) is 0. The molecule has 3 nitrogen and oxygen atoms in total. The molecule has 2 aromatic rings. The molecule has 0 bridgehead atoms. The number of hydrogen-bond acceptors (Lipinski definition) is 4. The molecule has 2 heterocycles. The number of nitrogens with one attached hydrogen (secondary N) is 1. The van der Waals surface area contributed by atoms with E-state index >= 15 is 0 Å². The summed E-state index contributed by atoms with van der Waals surface area (Å²) in [6.45, 7) is 3.73. The number of halogens is 2. The summed E-state index contributed by atoms with van der Waals surface area (Å²) < 4.78 is 26.1. The molecular weight excluding hydrogens is 268 g/mol. The minimum absolute atomic E-state index is 0.608. The Balaban J connectivity index is 1.85. The quantitative estimate of drug-likeness (QED) is 0.916. The molecule has 19 heavy (non-hydrogen) atoms. The second-order valence-corrected chi connectivity index (χ2v) is 5.22. The van der Waals surface area contributed by atoms with E-state index in [9.17, 15) is 8.78 Å². The van der Waals surface area contributed by atoms with E-state index < -0.39 is 11.6 Å². The van der Waals surface area contributed by atoms with Crippen molar-refractivity contribution in [3.8, 4) is 11.3 Å². The average Bonchev–Trinajstić information content (AvgIpc) is 2.93. The van der Waals surface area contributed by atoms with Crippen molar-refractivity contribution in [2.75, 3.05) is 31.1 Å². The molecule has 0 saturated carbocycles. The van der Waals surface area contributed by atoms with Gasteiger partial charge >= 0.3 is 0 Å². The molecule has 1 N–H and O–H groups in total. The van der Waals surface area contributed by atoms with Gasteiger partial charge in [0, 0.05) is 37.1 Å². The standard InChI is InChI=1S/C13H13F2N3S/c14-10-2-1-9(7-11(10)15)12-8-19-13(17-12)18-5-3-16-4-6-18/h1-2,7-8,16H,3-6H2. The molecule has 1 aromatic carbocycles. The van der Waals surface area contributed by atoms with Gasteiger partial charge in [0.15, 0.2) is 16.8 Å². The van der Waals surface area contributed by atoms with Crippen LogP contribution in [0.3, 0.4) is 0 Å². The molecule has 1 aromatic heterocycles. The molecule has 0 spiro atoms. The van der Waals surface area contributed by atoms with Crippen molar-refractivity contribution in [1.82, 2.24) is 10.3 Å². The van der Waals surface area contributed by atoms with Gasteiger partial charge in [-0.3, -0.25) is 0 Å². The SMILES string of the molecule is Fc1ccc(-c2csc(N3CCNCC3)n2)cc1F. The van der Waals surface area contributed by atoms with Crippen molar-refractivity contribution < 1.29 is 8.78 Å². The Bertz CT molecular complexity index is 579. The molecular formula is C13H13F2N3S. The van der Waals surface area contributed by atoms with E-state index in [1.54, 1.807) is 6.07 Å². The van der Waals surface area contributed by atoms with E-state index in [-0.39, 0.29) is 0 Å². The van der Waals surface area contributed by atoms with E-state index in [0.717, 1.165) is 37.4 Å². The van der Waals surface area contributed by atoms with Gasteiger partial charge in [0.2, 0.25) is 0 Å². The minimum atomic E-state index is -0.839. The van der Waals surface area contributed by atoms with Gasteiger partial charge in [0.25, 0.3) is 0 Å². The number of nitrogens with zero attached hydrogens (tertiary/aromatic N) is 2. The predicted molar refractivity (Wildman–Crippen MR) is 72.5 cm³/mol. The maximum atomic E-state index is 13.2. The molecule has 0 amide bonds. The van der Waals surface area contributed by atoms with Crippen LogP contribution in [0.25, 0.3) is 11.3 Å². The first kappa shape index (κ1) is 12.5. The van der Waals surface area contributed by atoms with Crippen LogP contribution in [-0.4, -0.2) is 31.2 Å². The second kappa shape index (κ2) is 5.22. The van der Waals surface area contributed by atoms with Crippen LogP contribution in [0.5, 0.6) is 0 Å². The van der Waals surface area contributed by atoms with Crippen molar-refractivity contribution in [3.05, 3.63) is 35.2 Å². The molecule has 0 radical (unpaired) electrons. The van der Waals surface area contributed by atoms with Gasteiger partial charge in [0.05, 0.1) is 5.69 Å². The van der Waals surface area contributed by atoms with Crippen LogP contribution < -0.4 is 10.2 Å². The van der Waals surface area contributed by atoms with Crippen LogP contribution in [-0.2, 0) is 0 Å². The van der Waals surface area contributed by atoms with Crippen molar-refractivity contribution in [2.24, 2.45) is 0 Å². The fourth-order valence-electron chi connectivity index (χ4n) is 2.05. The number of rotatable bonds is 2. The van der Waals surface area contributed by atoms with Crippen LogP contribution in [0.1, 0.15) is 0 Å². The Labute approximate surface area is 113 Å². The van der Waals surface area contributed by atoms with Gasteiger partial charge in [-0.25, -0.2) is 13.8 Å². The Morgan fingerprint density at radius 1 is 1.16 bits per heavy atom. The van der Waals surface area contributed by atoms with Crippen molar-refractivity contribution in [1.29, 1.82) is 0 Å². The molecule has 0 atom stereocenters. The topological polar surface area (TPSA) is 28.2 Å². The molecule has 1 aliphatic heterocycles. The van der Waals surface area contributed by atoms with Gasteiger partial charge in [-0.05, 0) is 18.2 Å². The fraction of sp³-hybridized carbons (Fsp3) is 0.308. The summed E-state index contributed by atoms with van der Waals surface area (Å²) in [6.07, 6.45) is 0. The van der Waals surface area contributed by atoms with Gasteiger partial charge in [-0.1, -0.05) is 0 Å². The molecule has 0 aliphatic carbocycles. The Kier molecular flexibility index (Phi) is 3.44. The van der Waals surface area contributed by atoms with Gasteiger partial charge in [0.1, 0.15) is 0 Å². The first-order chi connectivity index (χ1) is 9.24. The first-order valence-corrected chi connectivity index (χ1v) is 6.98. The summed E-state index contributed by atoms with van der Waals surface area (Å²) in [5.74, 6) is -1.67. The summed E-state index contributed by atoms with van der Waals surface area (Å²) in [6, 6.07) is 3.87. The first-order valence-electron chi connectivity index (χ1n) is 6.10. The predicted octanol–water partition coefficient (Wildman–Crippen LogP) is 2.50. The zero-order valence-electron chi connectivity index (χ0n) is 10.2. The highest BCUT2D eigenvalue weighted by atomic mass is 32.1. The number of anilines is 1. The molecule has 6 heteroatoms. The maximum absolute atomic E-state index is 13.2. The Hall–Kier alpha value is -1.53. The minimum Gasteiger partial charge on any atom is -0.346 e. The summed E-state index contributed by atoms with van der Waals surface area (Å²) in [5, 5.41) is 6.09. The molecule has 3 rings (SSSR count). The average molecular weight is 281 g/mol. The number of piperazine rings is 1. The summed E-state index contributed by atoms with van der Waals surface area (Å²) >= 11 is 1.53. The van der Waals surface area contributed by atoms with Gasteiger partial charge in [-0.15, -0.1) is 11.3 Å². The lowest BCUT2D eigenvalue weighted by Gasteiger charge is -2.26. The highest BCUT2D eigenvalue weighted by Gasteiger charge is 2.15. The van der Waals surface area contributed by atoms with E-state index in [4.69, 9.17) is 0 Å². The zero-order chi connectivity index (χ0) is 13.2. The third kappa shape index (κ3) is 2.59. The van der Waals surface area contributed by atoms with Gasteiger partial charge < -0.3 is 10.2 Å². The molecule has 0 unspecified atom stereocenters. The van der Waals surface area contributed by atoms with E-state index in [0.29, 0.717) is 11.3 Å². The van der Waals surface area contributed by atoms with Crippen LogP contribution >= 0.6 is 11.3 Å². The monoisotopic (exact) mass is 281 g/mol. The number of benzene rings is 1. The normalized spacial score (nSPS) is 15.8. The van der Waals surface area contributed by atoms with Crippen LogP contribution in [0.2, 0.25) is 0 Å². The fourth-order valence-corrected chi connectivity index (χ4v) is 2.94. The number of thiazole rings is 1. The van der Waals surface area contributed by atoms with Crippen molar-refractivity contribution in [2.45, 2.75) is 0 Å². The maximum Gasteiger partial charge on any atom is 0.185 e. The largest absolute Gasteiger partial charge is 0.346 e. The van der Waals surface area contributed by atoms with E-state index in [2.05, 4.69) is 15.2 Å². The molecule has 1 aliphatic rings. The Morgan fingerprint density at radius 2 is 1.95 bits per heavy atom. The number of aromatic nitrogens is 1. The summed E-state index contributed by atoms with van der Waals surface area (Å²) in [4.78, 5) is 6.70. The number of hydrogen-bond donors (Lipinski definition) is 1. The molecule has 100 valence electrons. The molecule has 1 saturated heterocycles. The lowest BCUT2D eigenvalue weighted by atomic mass is 10.2. The van der Waals surface area contributed by atoms with Gasteiger partial charge in [-0.2, -0.15) is 0 Å². The highest BCUT2D eigenvalue weighted by Crippen LogP contribution is 2.28. The smallest absolute Gasteiger partial charge is 0.185 e. The highest BCUT2D eigenvalue weighted by molar-refractivity contribution is 7.14. The zero-order valence-corrected chi connectivity index (χ0v) is 11.0. The third-order valence-electron chi connectivity index (χ3n) is 3.09. The van der Waals surface area contributed by atoms with Crippen LogP contribution in [0.15, 0.2) is 23.6 Å². The van der Waals surface area contributed by atoms with E-state index in [1.165, 1.54) is 17.4 Å². The van der Waals surface area contributed by atoms with Crippen LogP contribution in [0.4, 0.5) is 13.9 Å². The van der Waals surface area contributed by atoms with E-state index in [1.807, 2.05) is 5.38 Å². The second-order valence-electron chi connectivity index (χ2n) is 4.38. The Morgan fingerprint density at radius 3 is 2.68 bits per heavy atom. The molecule has 1 fully saturated rings. The van der Waals surface area contributed by atoms with Crippen molar-refractivity contribution >= 4 is 16.5 Å². The van der Waals surface area contributed by atoms with Crippen LogP contribution in [0, 0.1) is 11.6 Å². The lowest BCUT2D eigenvalue weighted by Crippen LogP contribution is -2.43. The van der Waals surface area contributed by atoms with Crippen molar-refractivity contribution in [3.63, 3.8) is 0 Å². The summed E-state index contributed by atoms with van der Waals surface area (Å²) in [5.41, 5.74) is 1.30. The lowest BCUT2D eigenvalue weighted by molar-refractivity contribution is 0.509.